The van der Waals surface area contributed by atoms with Crippen LogP contribution in [0.15, 0.2) is 36.4 Å². The van der Waals surface area contributed by atoms with Crippen LogP contribution in [0.2, 0.25) is 5.02 Å². The molecule has 0 saturated carbocycles. The molecule has 2 aromatic carbocycles. The molecule has 3 nitrogen and oxygen atoms in total. The van der Waals surface area contributed by atoms with Gasteiger partial charge in [-0.15, -0.1) is 0 Å². The monoisotopic (exact) mass is 308 g/mol. The molecule has 0 aromatic heterocycles. The van der Waals surface area contributed by atoms with Gasteiger partial charge in [-0.1, -0.05) is 17.7 Å². The molecule has 0 heterocycles. The molecule has 0 atom stereocenters. The Morgan fingerprint density at radius 3 is 2.43 bits per heavy atom. The molecule has 21 heavy (non-hydrogen) atoms. The summed E-state index contributed by atoms with van der Waals surface area (Å²) in [5.41, 5.74) is 0.737. The molecule has 0 aliphatic heterocycles. The van der Waals surface area contributed by atoms with Crippen LogP contribution in [0, 0.1) is 5.82 Å². The Morgan fingerprint density at radius 1 is 1.10 bits per heavy atom. The Hall–Kier alpha value is -2.07. The van der Waals surface area contributed by atoms with Gasteiger partial charge in [0.05, 0.1) is 19.8 Å². The van der Waals surface area contributed by atoms with E-state index in [1.165, 1.54) is 26.4 Å². The number of benzene rings is 2. The first-order valence-electron chi connectivity index (χ1n) is 6.24. The Balaban J connectivity index is 2.23. The van der Waals surface area contributed by atoms with Crippen LogP contribution in [0.4, 0.5) is 4.39 Å². The number of carbonyl (C=O) groups excluding carboxylic acids is 1. The van der Waals surface area contributed by atoms with Crippen LogP contribution in [0.25, 0.3) is 0 Å². The fourth-order valence-electron chi connectivity index (χ4n) is 1.99. The van der Waals surface area contributed by atoms with Crippen molar-refractivity contribution in [1.82, 2.24) is 0 Å². The van der Waals surface area contributed by atoms with Gasteiger partial charge in [-0.05, 0) is 35.9 Å². The predicted molar refractivity (Wildman–Crippen MR) is 79.0 cm³/mol. The summed E-state index contributed by atoms with van der Waals surface area (Å²) in [6, 6.07) is 9.16. The average Bonchev–Trinajstić information content (AvgIpc) is 2.46. The third kappa shape index (κ3) is 3.52. The molecule has 0 amide bonds. The summed E-state index contributed by atoms with van der Waals surface area (Å²) in [5, 5.41) is 0.259. The van der Waals surface area contributed by atoms with Gasteiger partial charge in [0, 0.05) is 11.4 Å². The van der Waals surface area contributed by atoms with Crippen LogP contribution in [-0.4, -0.2) is 20.0 Å². The summed E-state index contributed by atoms with van der Waals surface area (Å²) >= 11 is 5.67. The van der Waals surface area contributed by atoms with Crippen LogP contribution < -0.4 is 9.47 Å². The van der Waals surface area contributed by atoms with E-state index in [4.69, 9.17) is 21.1 Å². The molecule has 0 radical (unpaired) electrons. The normalized spacial score (nSPS) is 10.3. The fourth-order valence-corrected chi connectivity index (χ4v) is 2.15. The number of methoxy groups -OCH3 is 2. The summed E-state index contributed by atoms with van der Waals surface area (Å²) in [5.74, 6) is 0.162. The lowest BCUT2D eigenvalue weighted by molar-refractivity contribution is 0.0989. The first-order chi connectivity index (χ1) is 10.0. The van der Waals surface area contributed by atoms with Gasteiger partial charge in [-0.2, -0.15) is 0 Å². The second-order valence-corrected chi connectivity index (χ2v) is 4.85. The molecule has 0 saturated heterocycles. The Labute approximate surface area is 127 Å². The van der Waals surface area contributed by atoms with E-state index in [-0.39, 0.29) is 22.8 Å². The van der Waals surface area contributed by atoms with Crippen molar-refractivity contribution in [3.8, 4) is 11.5 Å². The van der Waals surface area contributed by atoms with E-state index < -0.39 is 5.82 Å². The Morgan fingerprint density at radius 2 is 1.81 bits per heavy atom. The predicted octanol–water partition coefficient (Wildman–Crippen LogP) is 3.92. The van der Waals surface area contributed by atoms with Crippen molar-refractivity contribution in [3.05, 3.63) is 58.4 Å². The third-order valence-corrected chi connectivity index (χ3v) is 3.28. The number of hydrogen-bond donors (Lipinski definition) is 0. The van der Waals surface area contributed by atoms with Gasteiger partial charge >= 0.3 is 0 Å². The number of carbonyl (C=O) groups is 1. The molecule has 2 aromatic rings. The second kappa shape index (κ2) is 6.59. The maximum absolute atomic E-state index is 13.7. The minimum absolute atomic E-state index is 0.0224. The maximum atomic E-state index is 13.7. The molecular formula is C16H14ClFO3. The van der Waals surface area contributed by atoms with Gasteiger partial charge in [0.2, 0.25) is 0 Å². The summed E-state index contributed by atoms with van der Waals surface area (Å²) in [6.07, 6.45) is 0.0684. The number of rotatable bonds is 5. The van der Waals surface area contributed by atoms with Crippen molar-refractivity contribution in [2.24, 2.45) is 0 Å². The smallest absolute Gasteiger partial charge is 0.170 e. The molecule has 0 bridgehead atoms. The van der Waals surface area contributed by atoms with Crippen molar-refractivity contribution in [3.63, 3.8) is 0 Å². The lowest BCUT2D eigenvalue weighted by Gasteiger charge is -2.09. The molecule has 2 rings (SSSR count). The topological polar surface area (TPSA) is 35.5 Å². The Bertz CT molecular complexity index is 671. The summed E-state index contributed by atoms with van der Waals surface area (Å²) in [7, 11) is 3.05. The Kier molecular flexibility index (Phi) is 4.81. The quantitative estimate of drug-likeness (QED) is 0.785. The molecule has 0 fully saturated rings. The van der Waals surface area contributed by atoms with E-state index in [0.29, 0.717) is 17.1 Å². The van der Waals surface area contributed by atoms with Gasteiger partial charge in [0.15, 0.2) is 17.3 Å². The summed E-state index contributed by atoms with van der Waals surface area (Å²) in [6.45, 7) is 0. The van der Waals surface area contributed by atoms with E-state index in [1.54, 1.807) is 18.2 Å². The molecule has 0 N–H and O–H groups in total. The molecule has 0 aliphatic rings. The molecule has 0 unspecified atom stereocenters. The van der Waals surface area contributed by atoms with Crippen LogP contribution in [0.5, 0.6) is 11.5 Å². The van der Waals surface area contributed by atoms with E-state index in [0.717, 1.165) is 6.07 Å². The van der Waals surface area contributed by atoms with Gasteiger partial charge < -0.3 is 9.47 Å². The molecule has 0 spiro atoms. The minimum Gasteiger partial charge on any atom is -0.493 e. The summed E-state index contributed by atoms with van der Waals surface area (Å²) in [4.78, 5) is 12.1. The van der Waals surface area contributed by atoms with Crippen molar-refractivity contribution >= 4 is 17.4 Å². The van der Waals surface area contributed by atoms with Gasteiger partial charge in [0.1, 0.15) is 5.82 Å². The van der Waals surface area contributed by atoms with E-state index in [1.807, 2.05) is 0 Å². The van der Waals surface area contributed by atoms with Gasteiger partial charge in [0.25, 0.3) is 0 Å². The number of ketones is 1. The van der Waals surface area contributed by atoms with Crippen molar-refractivity contribution in [1.29, 1.82) is 0 Å². The van der Waals surface area contributed by atoms with Crippen LogP contribution >= 0.6 is 11.6 Å². The average molecular weight is 309 g/mol. The van der Waals surface area contributed by atoms with E-state index in [2.05, 4.69) is 0 Å². The number of hydrogen-bond acceptors (Lipinski definition) is 3. The van der Waals surface area contributed by atoms with Crippen LogP contribution in [0.3, 0.4) is 0 Å². The maximum Gasteiger partial charge on any atom is 0.170 e. The zero-order valence-electron chi connectivity index (χ0n) is 11.7. The lowest BCUT2D eigenvalue weighted by Crippen LogP contribution is -2.06. The van der Waals surface area contributed by atoms with Gasteiger partial charge in [-0.3, -0.25) is 4.79 Å². The fraction of sp³-hybridized carbons (Fsp3) is 0.188. The molecule has 5 heteroatoms. The molecule has 110 valence electrons. The SMILES string of the molecule is COc1ccc(CC(=O)c2ccc(Cl)cc2F)cc1OC. The highest BCUT2D eigenvalue weighted by Crippen LogP contribution is 2.28. The third-order valence-electron chi connectivity index (χ3n) is 3.04. The number of Topliss-reactive ketones (excluding diaryl/α,β-unsaturated/α-hetero) is 1. The highest BCUT2D eigenvalue weighted by Gasteiger charge is 2.14. The number of halogens is 2. The largest absolute Gasteiger partial charge is 0.493 e. The van der Waals surface area contributed by atoms with E-state index >= 15 is 0 Å². The van der Waals surface area contributed by atoms with Crippen LogP contribution in [-0.2, 0) is 6.42 Å². The van der Waals surface area contributed by atoms with Crippen molar-refractivity contribution < 1.29 is 18.7 Å². The molecule has 0 aliphatic carbocycles. The minimum atomic E-state index is -0.618. The first kappa shape index (κ1) is 15.3. The standard InChI is InChI=1S/C16H14ClFO3/c1-20-15-6-3-10(8-16(15)21-2)7-14(19)12-5-4-11(17)9-13(12)18/h3-6,8-9H,7H2,1-2H3. The number of ether oxygens (including phenoxy) is 2. The highest BCUT2D eigenvalue weighted by molar-refractivity contribution is 6.30. The van der Waals surface area contributed by atoms with Crippen LogP contribution in [0.1, 0.15) is 15.9 Å². The van der Waals surface area contributed by atoms with Crippen molar-refractivity contribution in [2.75, 3.05) is 14.2 Å². The van der Waals surface area contributed by atoms with Gasteiger partial charge in [-0.25, -0.2) is 4.39 Å². The summed E-state index contributed by atoms with van der Waals surface area (Å²) < 4.78 is 24.0. The zero-order chi connectivity index (χ0) is 15.4. The highest BCUT2D eigenvalue weighted by atomic mass is 35.5. The second-order valence-electron chi connectivity index (χ2n) is 4.41. The first-order valence-corrected chi connectivity index (χ1v) is 6.62. The lowest BCUT2D eigenvalue weighted by atomic mass is 10.0. The van der Waals surface area contributed by atoms with Crippen molar-refractivity contribution in [2.45, 2.75) is 6.42 Å². The van der Waals surface area contributed by atoms with E-state index in [9.17, 15) is 9.18 Å². The zero-order valence-corrected chi connectivity index (χ0v) is 12.4. The molecular weight excluding hydrogens is 295 g/mol.